The molecule has 1 rings (SSSR count). The van der Waals surface area contributed by atoms with Crippen molar-refractivity contribution in [3.05, 3.63) is 0 Å². The third-order valence-corrected chi connectivity index (χ3v) is 4.24. The number of methoxy groups -OCH3 is 1. The number of carboxylic acid groups (broad SMARTS) is 1. The molecule has 1 amide bonds. The van der Waals surface area contributed by atoms with Crippen molar-refractivity contribution in [2.45, 2.75) is 64.4 Å². The maximum absolute atomic E-state index is 12.1. The van der Waals surface area contributed by atoms with Gasteiger partial charge >= 0.3 is 5.97 Å². The van der Waals surface area contributed by atoms with E-state index in [2.05, 4.69) is 5.32 Å². The van der Waals surface area contributed by atoms with Crippen molar-refractivity contribution in [3.63, 3.8) is 0 Å². The maximum atomic E-state index is 12.1. The number of aliphatic carboxylic acids is 1. The Hall–Kier alpha value is -1.10. The van der Waals surface area contributed by atoms with Gasteiger partial charge in [0.2, 0.25) is 5.91 Å². The number of rotatable bonds is 7. The maximum Gasteiger partial charge on any atom is 0.303 e. The van der Waals surface area contributed by atoms with Gasteiger partial charge in [0.05, 0.1) is 12.0 Å². The van der Waals surface area contributed by atoms with E-state index in [0.717, 1.165) is 32.1 Å². The van der Waals surface area contributed by atoms with Crippen LogP contribution >= 0.6 is 0 Å². The van der Waals surface area contributed by atoms with Gasteiger partial charge in [-0.25, -0.2) is 0 Å². The Morgan fingerprint density at radius 1 is 1.20 bits per heavy atom. The summed E-state index contributed by atoms with van der Waals surface area (Å²) in [6, 6.07) is 0. The topological polar surface area (TPSA) is 75.6 Å². The molecule has 1 saturated carbocycles. The van der Waals surface area contributed by atoms with Crippen molar-refractivity contribution >= 4 is 11.9 Å². The fourth-order valence-electron chi connectivity index (χ4n) is 2.83. The molecule has 20 heavy (non-hydrogen) atoms. The predicted molar refractivity (Wildman–Crippen MR) is 76.5 cm³/mol. The van der Waals surface area contributed by atoms with Gasteiger partial charge in [-0.1, -0.05) is 19.3 Å². The highest BCUT2D eigenvalue weighted by Crippen LogP contribution is 2.42. The van der Waals surface area contributed by atoms with Gasteiger partial charge in [-0.15, -0.1) is 0 Å². The molecule has 0 radical (unpaired) electrons. The number of hydrogen-bond acceptors (Lipinski definition) is 3. The van der Waals surface area contributed by atoms with E-state index < -0.39 is 11.6 Å². The van der Waals surface area contributed by atoms with Crippen molar-refractivity contribution in [2.75, 3.05) is 13.7 Å². The third-order valence-electron chi connectivity index (χ3n) is 4.24. The SMILES string of the molecule is COC(C)(C)CNC(=O)CC1(CC(=O)O)CCCCC1. The van der Waals surface area contributed by atoms with Crippen LogP contribution in [0.15, 0.2) is 0 Å². The molecule has 0 saturated heterocycles. The van der Waals surface area contributed by atoms with E-state index in [1.54, 1.807) is 7.11 Å². The summed E-state index contributed by atoms with van der Waals surface area (Å²) in [6.45, 7) is 4.24. The summed E-state index contributed by atoms with van der Waals surface area (Å²) in [5.74, 6) is -0.879. The van der Waals surface area contributed by atoms with Crippen LogP contribution in [0.3, 0.4) is 0 Å². The number of carbonyl (C=O) groups is 2. The van der Waals surface area contributed by atoms with Gasteiger partial charge < -0.3 is 15.2 Å². The zero-order chi connectivity index (χ0) is 15.2. The van der Waals surface area contributed by atoms with Gasteiger partial charge in [0.25, 0.3) is 0 Å². The zero-order valence-electron chi connectivity index (χ0n) is 12.8. The molecule has 5 heteroatoms. The smallest absolute Gasteiger partial charge is 0.303 e. The molecular formula is C15H27NO4. The Kier molecular flexibility index (Phi) is 5.99. The Bertz CT molecular complexity index is 346. The van der Waals surface area contributed by atoms with Crippen molar-refractivity contribution in [1.82, 2.24) is 5.32 Å². The number of carbonyl (C=O) groups excluding carboxylic acids is 1. The summed E-state index contributed by atoms with van der Waals surface area (Å²) in [5.41, 5.74) is -0.756. The lowest BCUT2D eigenvalue weighted by molar-refractivity contribution is -0.141. The molecule has 2 N–H and O–H groups in total. The molecule has 0 bridgehead atoms. The number of nitrogens with one attached hydrogen (secondary N) is 1. The van der Waals surface area contributed by atoms with Gasteiger partial charge in [0.1, 0.15) is 0 Å². The van der Waals surface area contributed by atoms with Crippen LogP contribution in [0, 0.1) is 5.41 Å². The minimum absolute atomic E-state index is 0.0710. The molecule has 1 aliphatic carbocycles. The van der Waals surface area contributed by atoms with Crippen molar-refractivity contribution in [3.8, 4) is 0 Å². The molecule has 0 spiro atoms. The minimum atomic E-state index is -0.808. The summed E-state index contributed by atoms with van der Waals surface area (Å²) >= 11 is 0. The van der Waals surface area contributed by atoms with Crippen LogP contribution in [0.25, 0.3) is 0 Å². The molecule has 116 valence electrons. The third kappa shape index (κ3) is 5.49. The van der Waals surface area contributed by atoms with E-state index in [4.69, 9.17) is 9.84 Å². The number of ether oxygens (including phenoxy) is 1. The standard InChI is InChI=1S/C15H27NO4/c1-14(2,20-3)11-16-12(17)9-15(10-13(18)19)7-5-4-6-8-15/h4-11H2,1-3H3,(H,16,17)(H,18,19). The van der Waals surface area contributed by atoms with Gasteiger partial charge in [-0.05, 0) is 32.1 Å². The van der Waals surface area contributed by atoms with E-state index >= 15 is 0 Å². The normalized spacial score (nSPS) is 18.6. The first kappa shape index (κ1) is 17.0. The van der Waals surface area contributed by atoms with Gasteiger partial charge in [-0.2, -0.15) is 0 Å². The van der Waals surface area contributed by atoms with Crippen molar-refractivity contribution in [1.29, 1.82) is 0 Å². The van der Waals surface area contributed by atoms with Crippen LogP contribution in [-0.4, -0.2) is 36.2 Å². The fourth-order valence-corrected chi connectivity index (χ4v) is 2.83. The van der Waals surface area contributed by atoms with Crippen LogP contribution < -0.4 is 5.32 Å². The summed E-state index contributed by atoms with van der Waals surface area (Å²) in [7, 11) is 1.61. The second kappa shape index (κ2) is 7.07. The van der Waals surface area contributed by atoms with E-state index in [1.807, 2.05) is 13.8 Å². The lowest BCUT2D eigenvalue weighted by atomic mass is 9.69. The van der Waals surface area contributed by atoms with E-state index in [9.17, 15) is 9.59 Å². The van der Waals surface area contributed by atoms with Crippen LogP contribution in [0.1, 0.15) is 58.8 Å². The molecule has 5 nitrogen and oxygen atoms in total. The summed E-state index contributed by atoms with van der Waals surface area (Å²) in [5, 5.41) is 12.0. The van der Waals surface area contributed by atoms with Gasteiger partial charge in [0, 0.05) is 20.1 Å². The fraction of sp³-hybridized carbons (Fsp3) is 0.867. The van der Waals surface area contributed by atoms with Crippen LogP contribution in [0.2, 0.25) is 0 Å². The molecular weight excluding hydrogens is 258 g/mol. The van der Waals surface area contributed by atoms with Crippen LogP contribution in [0.5, 0.6) is 0 Å². The monoisotopic (exact) mass is 285 g/mol. The average molecular weight is 285 g/mol. The summed E-state index contributed by atoms with van der Waals surface area (Å²) < 4.78 is 5.26. The summed E-state index contributed by atoms with van der Waals surface area (Å²) in [6.07, 6.45) is 5.24. The molecule has 0 aromatic heterocycles. The molecule has 0 atom stereocenters. The highest BCUT2D eigenvalue weighted by molar-refractivity contribution is 5.78. The van der Waals surface area contributed by atoms with Gasteiger partial charge in [0.15, 0.2) is 0 Å². The number of carboxylic acids is 1. The Balaban J connectivity index is 2.56. The predicted octanol–water partition coefficient (Wildman–Crippen LogP) is 2.34. The second-order valence-electron chi connectivity index (χ2n) is 6.55. The van der Waals surface area contributed by atoms with Gasteiger partial charge in [-0.3, -0.25) is 9.59 Å². The summed E-state index contributed by atoms with van der Waals surface area (Å²) in [4.78, 5) is 23.2. The minimum Gasteiger partial charge on any atom is -0.481 e. The molecule has 0 unspecified atom stereocenters. The first-order chi connectivity index (χ1) is 9.29. The number of amides is 1. The van der Waals surface area contributed by atoms with E-state index in [0.29, 0.717) is 13.0 Å². The highest BCUT2D eigenvalue weighted by Gasteiger charge is 2.36. The van der Waals surface area contributed by atoms with Crippen molar-refractivity contribution in [2.24, 2.45) is 5.41 Å². The first-order valence-corrected chi connectivity index (χ1v) is 7.32. The van der Waals surface area contributed by atoms with Crippen LogP contribution in [0.4, 0.5) is 0 Å². The van der Waals surface area contributed by atoms with Crippen molar-refractivity contribution < 1.29 is 19.4 Å². The first-order valence-electron chi connectivity index (χ1n) is 7.32. The highest BCUT2D eigenvalue weighted by atomic mass is 16.5. The Labute approximate surface area is 121 Å². The average Bonchev–Trinajstić information content (AvgIpc) is 2.36. The van der Waals surface area contributed by atoms with E-state index in [1.165, 1.54) is 0 Å². The van der Waals surface area contributed by atoms with E-state index in [-0.39, 0.29) is 17.7 Å². The second-order valence-corrected chi connectivity index (χ2v) is 6.55. The largest absolute Gasteiger partial charge is 0.481 e. The molecule has 0 aliphatic heterocycles. The van der Waals surface area contributed by atoms with Crippen LogP contribution in [-0.2, 0) is 14.3 Å². The Morgan fingerprint density at radius 3 is 2.30 bits per heavy atom. The lowest BCUT2D eigenvalue weighted by Gasteiger charge is -2.36. The Morgan fingerprint density at radius 2 is 1.80 bits per heavy atom. The molecule has 1 aliphatic rings. The lowest BCUT2D eigenvalue weighted by Crippen LogP contribution is -2.42. The zero-order valence-corrected chi connectivity index (χ0v) is 12.8. The molecule has 1 fully saturated rings. The molecule has 0 heterocycles. The molecule has 0 aromatic rings. The molecule has 0 aromatic carbocycles. The quantitative estimate of drug-likeness (QED) is 0.753. The number of hydrogen-bond donors (Lipinski definition) is 2.